The molecule has 0 aliphatic heterocycles. The van der Waals surface area contributed by atoms with Crippen molar-refractivity contribution >= 4 is 32.6 Å². The predicted octanol–water partition coefficient (Wildman–Crippen LogP) is 5.00. The van der Waals surface area contributed by atoms with Gasteiger partial charge in [0.05, 0.1) is 29.8 Å². The predicted molar refractivity (Wildman–Crippen MR) is 116 cm³/mol. The number of carbonyl (C=O) groups excluding carboxylic acids is 1. The third-order valence-electron chi connectivity index (χ3n) is 4.48. The first-order valence-electron chi connectivity index (χ1n) is 9.43. The van der Waals surface area contributed by atoms with Crippen molar-refractivity contribution in [2.24, 2.45) is 0 Å². The Balaban J connectivity index is 1.54. The van der Waals surface area contributed by atoms with Crippen LogP contribution in [0.3, 0.4) is 0 Å². The fourth-order valence-electron chi connectivity index (χ4n) is 2.98. The van der Waals surface area contributed by atoms with Gasteiger partial charge in [0, 0.05) is 12.4 Å². The maximum absolute atomic E-state index is 13.1. The van der Waals surface area contributed by atoms with Crippen LogP contribution < -0.4 is 9.64 Å². The van der Waals surface area contributed by atoms with E-state index in [0.717, 1.165) is 21.5 Å². The molecular weight excluding hydrogens is 382 g/mol. The molecular formula is C23H21N3O2S. The second-order valence-electron chi connectivity index (χ2n) is 6.71. The minimum atomic E-state index is -0.0199. The van der Waals surface area contributed by atoms with Crippen molar-refractivity contribution in [2.75, 3.05) is 11.5 Å². The minimum Gasteiger partial charge on any atom is -0.493 e. The lowest BCUT2D eigenvalue weighted by molar-refractivity contribution is -0.119. The number of aryl methyl sites for hydroxylation is 1. The second-order valence-corrected chi connectivity index (χ2v) is 7.72. The Morgan fingerprint density at radius 2 is 1.86 bits per heavy atom. The van der Waals surface area contributed by atoms with Gasteiger partial charge in [-0.25, -0.2) is 4.98 Å². The largest absolute Gasteiger partial charge is 0.493 e. The summed E-state index contributed by atoms with van der Waals surface area (Å²) in [6.07, 6.45) is 3.74. The number of ether oxygens (including phenoxy) is 1. The standard InChI is InChI=1S/C23H21N3O2S/c1-17-7-8-20-21(15-17)29-23(25-20)26(16-18-9-12-24-13-10-18)22(27)11-14-28-19-5-3-2-4-6-19/h2-10,12-13,15H,11,14,16H2,1H3. The molecule has 0 spiro atoms. The number of aromatic nitrogens is 2. The van der Waals surface area contributed by atoms with E-state index in [0.29, 0.717) is 18.3 Å². The number of nitrogens with zero attached hydrogens (tertiary/aromatic N) is 3. The molecule has 2 aromatic carbocycles. The van der Waals surface area contributed by atoms with Crippen molar-refractivity contribution in [3.8, 4) is 5.75 Å². The molecule has 146 valence electrons. The van der Waals surface area contributed by atoms with E-state index < -0.39 is 0 Å². The fourth-order valence-corrected chi connectivity index (χ4v) is 4.06. The normalized spacial score (nSPS) is 10.8. The van der Waals surface area contributed by atoms with Crippen LogP contribution in [0.15, 0.2) is 73.1 Å². The summed E-state index contributed by atoms with van der Waals surface area (Å²) in [4.78, 5) is 23.6. The highest BCUT2D eigenvalue weighted by Gasteiger charge is 2.20. The lowest BCUT2D eigenvalue weighted by atomic mass is 10.2. The average Bonchev–Trinajstić information content (AvgIpc) is 3.16. The third-order valence-corrected chi connectivity index (χ3v) is 5.52. The molecule has 0 N–H and O–H groups in total. The van der Waals surface area contributed by atoms with E-state index >= 15 is 0 Å². The van der Waals surface area contributed by atoms with Crippen molar-refractivity contribution in [3.63, 3.8) is 0 Å². The summed E-state index contributed by atoms with van der Waals surface area (Å²) in [5.41, 5.74) is 3.09. The number of amides is 1. The van der Waals surface area contributed by atoms with Crippen LogP contribution in [0.4, 0.5) is 5.13 Å². The van der Waals surface area contributed by atoms with Gasteiger partial charge in [-0.15, -0.1) is 0 Å². The van der Waals surface area contributed by atoms with Gasteiger partial charge in [0.25, 0.3) is 0 Å². The van der Waals surface area contributed by atoms with Gasteiger partial charge in [-0.05, 0) is 54.4 Å². The lowest BCUT2D eigenvalue weighted by Crippen LogP contribution is -2.31. The molecule has 0 fully saturated rings. The van der Waals surface area contributed by atoms with Gasteiger partial charge in [-0.3, -0.25) is 14.7 Å². The van der Waals surface area contributed by atoms with E-state index in [-0.39, 0.29) is 12.3 Å². The Kier molecular flexibility index (Phi) is 5.81. The van der Waals surface area contributed by atoms with Crippen molar-refractivity contribution in [3.05, 3.63) is 84.2 Å². The van der Waals surface area contributed by atoms with Crippen molar-refractivity contribution < 1.29 is 9.53 Å². The highest BCUT2D eigenvalue weighted by Crippen LogP contribution is 2.31. The molecule has 0 saturated heterocycles. The molecule has 2 heterocycles. The monoisotopic (exact) mass is 403 g/mol. The number of hydrogen-bond acceptors (Lipinski definition) is 5. The molecule has 4 rings (SSSR count). The van der Waals surface area contributed by atoms with Crippen molar-refractivity contribution in [2.45, 2.75) is 19.9 Å². The summed E-state index contributed by atoms with van der Waals surface area (Å²) in [6, 6.07) is 19.5. The summed E-state index contributed by atoms with van der Waals surface area (Å²) < 4.78 is 6.79. The molecule has 0 bridgehead atoms. The van der Waals surface area contributed by atoms with Gasteiger partial charge < -0.3 is 4.74 Å². The van der Waals surface area contributed by atoms with Crippen LogP contribution in [-0.4, -0.2) is 22.5 Å². The molecule has 4 aromatic rings. The van der Waals surface area contributed by atoms with Crippen molar-refractivity contribution in [1.82, 2.24) is 9.97 Å². The van der Waals surface area contributed by atoms with Crippen LogP contribution in [0.5, 0.6) is 5.75 Å². The molecule has 0 atom stereocenters. The van der Waals surface area contributed by atoms with Crippen LogP contribution in [-0.2, 0) is 11.3 Å². The topological polar surface area (TPSA) is 55.3 Å². The third kappa shape index (κ3) is 4.78. The van der Waals surface area contributed by atoms with Crippen LogP contribution in [0.25, 0.3) is 10.2 Å². The SMILES string of the molecule is Cc1ccc2nc(N(Cc3ccncc3)C(=O)CCOc3ccccc3)sc2c1. The summed E-state index contributed by atoms with van der Waals surface area (Å²) in [5, 5.41) is 0.701. The smallest absolute Gasteiger partial charge is 0.232 e. The van der Waals surface area contributed by atoms with Crippen LogP contribution in [0.1, 0.15) is 17.5 Å². The van der Waals surface area contributed by atoms with Gasteiger partial charge in [-0.1, -0.05) is 35.6 Å². The fraction of sp³-hybridized carbons (Fsp3) is 0.174. The molecule has 0 saturated carbocycles. The number of rotatable bonds is 7. The van der Waals surface area contributed by atoms with E-state index in [9.17, 15) is 4.79 Å². The zero-order valence-electron chi connectivity index (χ0n) is 16.1. The van der Waals surface area contributed by atoms with Crippen molar-refractivity contribution in [1.29, 1.82) is 0 Å². The van der Waals surface area contributed by atoms with E-state index in [4.69, 9.17) is 9.72 Å². The number of benzene rings is 2. The summed E-state index contributed by atoms with van der Waals surface area (Å²) >= 11 is 1.53. The first-order chi connectivity index (χ1) is 14.2. The first-order valence-corrected chi connectivity index (χ1v) is 10.2. The Hall–Kier alpha value is -3.25. The zero-order valence-corrected chi connectivity index (χ0v) is 16.9. The highest BCUT2D eigenvalue weighted by molar-refractivity contribution is 7.22. The first kappa shape index (κ1) is 19.1. The molecule has 0 unspecified atom stereocenters. The molecule has 1 amide bonds. The molecule has 29 heavy (non-hydrogen) atoms. The summed E-state index contributed by atoms with van der Waals surface area (Å²) in [7, 11) is 0. The number of thiazole rings is 1. The van der Waals surface area contributed by atoms with E-state index in [2.05, 4.69) is 18.0 Å². The van der Waals surface area contributed by atoms with E-state index in [1.165, 1.54) is 16.9 Å². The Labute approximate surface area is 173 Å². The number of fused-ring (bicyclic) bond motifs is 1. The Morgan fingerprint density at radius 1 is 1.07 bits per heavy atom. The van der Waals surface area contributed by atoms with Crippen LogP contribution in [0.2, 0.25) is 0 Å². The van der Waals surface area contributed by atoms with Gasteiger partial charge in [0.15, 0.2) is 5.13 Å². The van der Waals surface area contributed by atoms with E-state index in [1.54, 1.807) is 17.3 Å². The molecule has 6 heteroatoms. The molecule has 2 aromatic heterocycles. The van der Waals surface area contributed by atoms with Gasteiger partial charge >= 0.3 is 0 Å². The molecule has 0 aliphatic carbocycles. The molecule has 0 aliphatic rings. The summed E-state index contributed by atoms with van der Waals surface area (Å²) in [5.74, 6) is 0.741. The number of carbonyl (C=O) groups is 1. The van der Waals surface area contributed by atoms with E-state index in [1.807, 2.05) is 54.6 Å². The Morgan fingerprint density at radius 3 is 2.66 bits per heavy atom. The van der Waals surface area contributed by atoms with Gasteiger partial charge in [0.1, 0.15) is 5.75 Å². The average molecular weight is 404 g/mol. The molecule has 0 radical (unpaired) electrons. The quantitative estimate of drug-likeness (QED) is 0.436. The number of para-hydroxylation sites is 1. The summed E-state index contributed by atoms with van der Waals surface area (Å²) in [6.45, 7) is 2.82. The van der Waals surface area contributed by atoms with Crippen LogP contribution in [0, 0.1) is 6.92 Å². The minimum absolute atomic E-state index is 0.0199. The number of hydrogen-bond donors (Lipinski definition) is 0. The van der Waals surface area contributed by atoms with Crippen LogP contribution >= 0.6 is 11.3 Å². The maximum atomic E-state index is 13.1. The lowest BCUT2D eigenvalue weighted by Gasteiger charge is -2.20. The highest BCUT2D eigenvalue weighted by atomic mass is 32.1. The molecule has 5 nitrogen and oxygen atoms in total. The maximum Gasteiger partial charge on any atom is 0.232 e. The van der Waals surface area contributed by atoms with Gasteiger partial charge in [0.2, 0.25) is 5.91 Å². The number of anilines is 1. The Bertz CT molecular complexity index is 1100. The second kappa shape index (κ2) is 8.84. The zero-order chi connectivity index (χ0) is 20.1. The van der Waals surface area contributed by atoms with Gasteiger partial charge in [-0.2, -0.15) is 0 Å². The number of pyridine rings is 1.